The highest BCUT2D eigenvalue weighted by Gasteiger charge is 2.33. The number of ether oxygens (including phenoxy) is 1. The van der Waals surface area contributed by atoms with Gasteiger partial charge in [0, 0.05) is 13.1 Å². The van der Waals surface area contributed by atoms with Crippen molar-refractivity contribution in [2.24, 2.45) is 0 Å². The van der Waals surface area contributed by atoms with E-state index < -0.39 is 6.04 Å². The molecule has 1 saturated heterocycles. The molecule has 6 nitrogen and oxygen atoms in total. The summed E-state index contributed by atoms with van der Waals surface area (Å²) in [6, 6.07) is 4.66. The van der Waals surface area contributed by atoms with Crippen LogP contribution in [0.25, 0.3) is 0 Å². The molecule has 0 spiro atoms. The number of hydrogen-bond donors (Lipinski definition) is 2. The molecule has 0 aromatic heterocycles. The van der Waals surface area contributed by atoms with Crippen molar-refractivity contribution in [1.29, 1.82) is 0 Å². The zero-order valence-corrected chi connectivity index (χ0v) is 12.4. The lowest BCUT2D eigenvalue weighted by atomic mass is 10.1. The maximum atomic E-state index is 12.8. The standard InChI is InChI=1S/C15H21N3O3/c1-3-12-14(19)17-8-9-18(12)15(20)10-6-5-7-11(16)13(10)21-4-2/h5-7,12H,3-4,8-9,16H2,1-2H3,(H,17,19). The highest BCUT2D eigenvalue weighted by Crippen LogP contribution is 2.28. The third kappa shape index (κ3) is 2.94. The molecule has 6 heteroatoms. The summed E-state index contributed by atoms with van der Waals surface area (Å²) in [5, 5.41) is 2.78. The summed E-state index contributed by atoms with van der Waals surface area (Å²) in [5.41, 5.74) is 6.73. The van der Waals surface area contributed by atoms with Crippen LogP contribution >= 0.6 is 0 Å². The van der Waals surface area contributed by atoms with E-state index in [4.69, 9.17) is 10.5 Å². The van der Waals surface area contributed by atoms with Gasteiger partial charge < -0.3 is 20.7 Å². The minimum Gasteiger partial charge on any atom is -0.491 e. The summed E-state index contributed by atoms with van der Waals surface area (Å²) in [5.74, 6) is 0.0669. The van der Waals surface area contributed by atoms with Crippen LogP contribution in [0.2, 0.25) is 0 Å². The normalized spacial score (nSPS) is 18.3. The van der Waals surface area contributed by atoms with Gasteiger partial charge in [0.1, 0.15) is 6.04 Å². The molecule has 1 atom stereocenters. The molecule has 21 heavy (non-hydrogen) atoms. The third-order valence-electron chi connectivity index (χ3n) is 3.54. The Morgan fingerprint density at radius 1 is 1.48 bits per heavy atom. The number of amides is 2. The van der Waals surface area contributed by atoms with Crippen molar-refractivity contribution in [3.8, 4) is 5.75 Å². The molecule has 1 heterocycles. The Kier molecular flexibility index (Phi) is 4.67. The lowest BCUT2D eigenvalue weighted by molar-refractivity contribution is -0.127. The van der Waals surface area contributed by atoms with E-state index in [1.54, 1.807) is 23.1 Å². The second kappa shape index (κ2) is 6.47. The Bertz CT molecular complexity index is 545. The molecule has 0 bridgehead atoms. The van der Waals surface area contributed by atoms with Crippen LogP contribution in [0.3, 0.4) is 0 Å². The largest absolute Gasteiger partial charge is 0.491 e. The number of para-hydroxylation sites is 1. The third-order valence-corrected chi connectivity index (χ3v) is 3.54. The van der Waals surface area contributed by atoms with Gasteiger partial charge in [0.05, 0.1) is 17.9 Å². The van der Waals surface area contributed by atoms with E-state index in [2.05, 4.69) is 5.32 Å². The second-order valence-electron chi connectivity index (χ2n) is 4.87. The molecular formula is C15H21N3O3. The van der Waals surface area contributed by atoms with Crippen LogP contribution in [0.1, 0.15) is 30.6 Å². The van der Waals surface area contributed by atoms with E-state index in [9.17, 15) is 9.59 Å². The van der Waals surface area contributed by atoms with E-state index in [1.807, 2.05) is 13.8 Å². The fraction of sp³-hybridized carbons (Fsp3) is 0.467. The number of carbonyl (C=O) groups is 2. The van der Waals surface area contributed by atoms with Crippen LogP contribution in [-0.4, -0.2) is 42.5 Å². The first kappa shape index (κ1) is 15.2. The van der Waals surface area contributed by atoms with Crippen molar-refractivity contribution in [3.63, 3.8) is 0 Å². The number of anilines is 1. The van der Waals surface area contributed by atoms with E-state index in [0.29, 0.717) is 43.1 Å². The summed E-state index contributed by atoms with van der Waals surface area (Å²) in [7, 11) is 0. The Balaban J connectivity index is 2.35. The van der Waals surface area contributed by atoms with Crippen LogP contribution < -0.4 is 15.8 Å². The second-order valence-corrected chi connectivity index (χ2v) is 4.87. The molecule has 2 rings (SSSR count). The summed E-state index contributed by atoms with van der Waals surface area (Å²) < 4.78 is 5.50. The molecule has 0 radical (unpaired) electrons. The minimum atomic E-state index is -0.442. The highest BCUT2D eigenvalue weighted by atomic mass is 16.5. The fourth-order valence-corrected chi connectivity index (χ4v) is 2.55. The maximum Gasteiger partial charge on any atom is 0.258 e. The van der Waals surface area contributed by atoms with E-state index in [-0.39, 0.29) is 11.8 Å². The monoisotopic (exact) mass is 291 g/mol. The van der Waals surface area contributed by atoms with Crippen molar-refractivity contribution in [3.05, 3.63) is 23.8 Å². The van der Waals surface area contributed by atoms with Crippen LogP contribution in [0.4, 0.5) is 5.69 Å². The molecule has 1 aliphatic heterocycles. The van der Waals surface area contributed by atoms with Crippen molar-refractivity contribution in [1.82, 2.24) is 10.2 Å². The highest BCUT2D eigenvalue weighted by molar-refractivity contribution is 6.01. The average molecular weight is 291 g/mol. The Hall–Kier alpha value is -2.24. The first-order valence-corrected chi connectivity index (χ1v) is 7.20. The van der Waals surface area contributed by atoms with Gasteiger partial charge >= 0.3 is 0 Å². The maximum absolute atomic E-state index is 12.8. The van der Waals surface area contributed by atoms with Gasteiger partial charge in [-0.1, -0.05) is 13.0 Å². The quantitative estimate of drug-likeness (QED) is 0.811. The number of nitrogens with zero attached hydrogens (tertiary/aromatic N) is 1. The molecule has 0 aliphatic carbocycles. The lowest BCUT2D eigenvalue weighted by Crippen LogP contribution is -2.56. The molecule has 1 fully saturated rings. The Morgan fingerprint density at radius 3 is 2.90 bits per heavy atom. The van der Waals surface area contributed by atoms with Crippen molar-refractivity contribution >= 4 is 17.5 Å². The number of hydrogen-bond acceptors (Lipinski definition) is 4. The first-order chi connectivity index (χ1) is 10.1. The lowest BCUT2D eigenvalue weighted by Gasteiger charge is -2.34. The zero-order chi connectivity index (χ0) is 15.4. The van der Waals surface area contributed by atoms with Gasteiger partial charge in [-0.25, -0.2) is 0 Å². The number of nitrogens with two attached hydrogens (primary N) is 1. The number of benzene rings is 1. The topological polar surface area (TPSA) is 84.7 Å². The fourth-order valence-electron chi connectivity index (χ4n) is 2.55. The number of nitrogen functional groups attached to an aromatic ring is 1. The van der Waals surface area contributed by atoms with Gasteiger partial charge in [-0.05, 0) is 25.5 Å². The molecule has 114 valence electrons. The molecule has 1 unspecified atom stereocenters. The van der Waals surface area contributed by atoms with Gasteiger partial charge in [-0.2, -0.15) is 0 Å². The molecule has 1 aromatic carbocycles. The predicted molar refractivity (Wildman–Crippen MR) is 80.1 cm³/mol. The van der Waals surface area contributed by atoms with Crippen LogP contribution in [0.5, 0.6) is 5.75 Å². The van der Waals surface area contributed by atoms with Gasteiger partial charge in [0.2, 0.25) is 5.91 Å². The van der Waals surface area contributed by atoms with E-state index >= 15 is 0 Å². The van der Waals surface area contributed by atoms with Crippen molar-refractivity contribution < 1.29 is 14.3 Å². The van der Waals surface area contributed by atoms with E-state index in [0.717, 1.165) is 0 Å². The molecule has 2 amide bonds. The number of nitrogens with one attached hydrogen (secondary N) is 1. The number of carbonyl (C=O) groups excluding carboxylic acids is 2. The van der Waals surface area contributed by atoms with Gasteiger partial charge in [-0.15, -0.1) is 0 Å². The van der Waals surface area contributed by atoms with Gasteiger partial charge in [0.25, 0.3) is 5.91 Å². The van der Waals surface area contributed by atoms with Gasteiger partial charge in [0.15, 0.2) is 5.75 Å². The summed E-state index contributed by atoms with van der Waals surface area (Å²) in [4.78, 5) is 26.3. The van der Waals surface area contributed by atoms with Crippen molar-refractivity contribution in [2.75, 3.05) is 25.4 Å². The predicted octanol–water partition coefficient (Wildman–Crippen LogP) is 1.02. The molecule has 0 saturated carbocycles. The SMILES string of the molecule is CCOc1c(N)cccc1C(=O)N1CCNC(=O)C1CC. The van der Waals surface area contributed by atoms with Crippen molar-refractivity contribution in [2.45, 2.75) is 26.3 Å². The van der Waals surface area contributed by atoms with Crippen LogP contribution in [0.15, 0.2) is 18.2 Å². The number of rotatable bonds is 4. The van der Waals surface area contributed by atoms with E-state index in [1.165, 1.54) is 0 Å². The zero-order valence-electron chi connectivity index (χ0n) is 12.4. The summed E-state index contributed by atoms with van der Waals surface area (Å²) >= 11 is 0. The van der Waals surface area contributed by atoms with Gasteiger partial charge in [-0.3, -0.25) is 9.59 Å². The van der Waals surface area contributed by atoms with Crippen LogP contribution in [-0.2, 0) is 4.79 Å². The first-order valence-electron chi connectivity index (χ1n) is 7.20. The molecule has 1 aliphatic rings. The molecule has 3 N–H and O–H groups in total. The summed E-state index contributed by atoms with van der Waals surface area (Å²) in [6.45, 7) is 5.10. The smallest absolute Gasteiger partial charge is 0.258 e. The Labute approximate surface area is 124 Å². The summed E-state index contributed by atoms with van der Waals surface area (Å²) in [6.07, 6.45) is 0.573. The minimum absolute atomic E-state index is 0.112. The molecular weight excluding hydrogens is 270 g/mol. The Morgan fingerprint density at radius 2 is 2.24 bits per heavy atom. The number of piperazine rings is 1. The van der Waals surface area contributed by atoms with Crippen LogP contribution in [0, 0.1) is 0 Å². The average Bonchev–Trinajstić information content (AvgIpc) is 2.48. The molecule has 1 aromatic rings.